The molecule has 0 aliphatic rings. The number of hydrogen-bond donors (Lipinski definition) is 1. The molecule has 0 amide bonds. The van der Waals surface area contributed by atoms with E-state index in [4.69, 9.17) is 9.15 Å². The lowest BCUT2D eigenvalue weighted by Crippen LogP contribution is -2.16. The average Bonchev–Trinajstić information content (AvgIpc) is 3.34. The number of anilines is 1. The van der Waals surface area contributed by atoms with Crippen molar-refractivity contribution >= 4 is 39.1 Å². The number of carbonyl (C=O) groups excluding carboxylic acids is 2. The largest absolute Gasteiger partial charge is 0.462 e. The second-order valence-electron chi connectivity index (χ2n) is 6.91. The number of Topliss-reactive ketones (excluding diaryl/α,β-unsaturated/α-hetero) is 1. The van der Waals surface area contributed by atoms with Gasteiger partial charge in [-0.05, 0) is 37.6 Å². The van der Waals surface area contributed by atoms with E-state index in [0.717, 1.165) is 11.1 Å². The minimum atomic E-state index is -0.451. The van der Waals surface area contributed by atoms with Gasteiger partial charge in [0.05, 0.1) is 13.2 Å². The molecule has 0 spiro atoms. The molecule has 2 aromatic heterocycles. The summed E-state index contributed by atoms with van der Waals surface area (Å²) in [5.41, 5.74) is 3.07. The van der Waals surface area contributed by atoms with Gasteiger partial charge < -0.3 is 14.5 Å². The van der Waals surface area contributed by atoms with E-state index in [9.17, 15) is 14.0 Å². The maximum Gasteiger partial charge on any atom is 0.341 e. The Morgan fingerprint density at radius 2 is 1.94 bits per heavy atom. The molecule has 31 heavy (non-hydrogen) atoms. The zero-order valence-electron chi connectivity index (χ0n) is 17.0. The second-order valence-corrected chi connectivity index (χ2v) is 7.79. The van der Waals surface area contributed by atoms with Crippen LogP contribution in [0.3, 0.4) is 0 Å². The van der Waals surface area contributed by atoms with Crippen LogP contribution >= 0.6 is 11.3 Å². The molecule has 158 valence electrons. The van der Waals surface area contributed by atoms with Crippen LogP contribution in [0.15, 0.2) is 58.3 Å². The number of nitrogens with one attached hydrogen (secondary N) is 1. The molecule has 4 aromatic rings. The molecule has 2 heterocycles. The minimum Gasteiger partial charge on any atom is -0.462 e. The molecule has 0 saturated heterocycles. The zero-order valence-corrected chi connectivity index (χ0v) is 17.8. The van der Waals surface area contributed by atoms with Crippen molar-refractivity contribution in [2.24, 2.45) is 0 Å². The van der Waals surface area contributed by atoms with Gasteiger partial charge in [0.1, 0.15) is 22.0 Å². The van der Waals surface area contributed by atoms with Crippen molar-refractivity contribution in [2.45, 2.75) is 13.8 Å². The summed E-state index contributed by atoms with van der Waals surface area (Å²) in [6.07, 6.45) is 0. The van der Waals surface area contributed by atoms with Crippen molar-refractivity contribution in [1.29, 1.82) is 0 Å². The fourth-order valence-corrected chi connectivity index (χ4v) is 4.38. The Bertz CT molecular complexity index is 1260. The number of ketones is 1. The third-order valence-electron chi connectivity index (χ3n) is 4.92. The van der Waals surface area contributed by atoms with Crippen molar-refractivity contribution in [3.05, 3.63) is 76.6 Å². The highest BCUT2D eigenvalue weighted by Crippen LogP contribution is 2.36. The lowest BCUT2D eigenvalue weighted by molar-refractivity contribution is 0.0528. The number of halogens is 1. The van der Waals surface area contributed by atoms with Crippen LogP contribution in [0.25, 0.3) is 22.1 Å². The van der Waals surface area contributed by atoms with Gasteiger partial charge in [-0.1, -0.05) is 30.3 Å². The molecular weight excluding hydrogens is 417 g/mol. The van der Waals surface area contributed by atoms with Crippen LogP contribution in [0.1, 0.15) is 33.4 Å². The zero-order chi connectivity index (χ0) is 22.0. The number of furan rings is 1. The molecule has 1 N–H and O–H groups in total. The lowest BCUT2D eigenvalue weighted by Gasteiger charge is -2.09. The number of thiophene rings is 1. The Kier molecular flexibility index (Phi) is 5.86. The summed E-state index contributed by atoms with van der Waals surface area (Å²) in [6, 6.07) is 13.7. The first kappa shape index (κ1) is 20.8. The van der Waals surface area contributed by atoms with E-state index in [2.05, 4.69) is 5.32 Å². The molecular formula is C24H20FNO4S. The topological polar surface area (TPSA) is 68.5 Å². The number of rotatable bonds is 7. The van der Waals surface area contributed by atoms with Gasteiger partial charge in [0.2, 0.25) is 5.78 Å². The SMILES string of the molecule is CCOC(=O)c1c(-c2ccccc2)csc1NCC(=O)c1oc2ccc(F)cc2c1C. The van der Waals surface area contributed by atoms with E-state index in [1.807, 2.05) is 35.7 Å². The quantitative estimate of drug-likeness (QED) is 0.280. The van der Waals surface area contributed by atoms with Gasteiger partial charge in [0.25, 0.3) is 0 Å². The van der Waals surface area contributed by atoms with Crippen LogP contribution in [-0.4, -0.2) is 24.9 Å². The lowest BCUT2D eigenvalue weighted by atomic mass is 10.0. The second kappa shape index (κ2) is 8.73. The van der Waals surface area contributed by atoms with Gasteiger partial charge >= 0.3 is 5.97 Å². The molecule has 7 heteroatoms. The third-order valence-corrected chi connectivity index (χ3v) is 5.85. The molecule has 4 rings (SSSR count). The van der Waals surface area contributed by atoms with Crippen LogP contribution in [0.5, 0.6) is 0 Å². The van der Waals surface area contributed by atoms with Gasteiger partial charge in [-0.15, -0.1) is 11.3 Å². The van der Waals surface area contributed by atoms with Crippen molar-refractivity contribution in [3.63, 3.8) is 0 Å². The Balaban J connectivity index is 1.61. The van der Waals surface area contributed by atoms with Crippen molar-refractivity contribution in [2.75, 3.05) is 18.5 Å². The van der Waals surface area contributed by atoms with Crippen LogP contribution in [0.2, 0.25) is 0 Å². The maximum absolute atomic E-state index is 13.5. The summed E-state index contributed by atoms with van der Waals surface area (Å²) in [5.74, 6) is -0.961. The summed E-state index contributed by atoms with van der Waals surface area (Å²) < 4.78 is 24.4. The Labute approximate surface area is 182 Å². The smallest absolute Gasteiger partial charge is 0.341 e. The minimum absolute atomic E-state index is 0.0791. The standard InChI is InChI=1S/C24H20FNO4S/c1-3-29-24(28)21-18(15-7-5-4-6-8-15)13-31-23(21)26-12-19(27)22-14(2)17-11-16(25)9-10-20(17)30-22/h4-11,13,26H,3,12H2,1-2H3. The van der Waals surface area contributed by atoms with Crippen LogP contribution in [-0.2, 0) is 4.74 Å². The maximum atomic E-state index is 13.5. The first-order valence-electron chi connectivity index (χ1n) is 9.79. The first-order valence-corrected chi connectivity index (χ1v) is 10.7. The highest BCUT2D eigenvalue weighted by atomic mass is 32.1. The monoisotopic (exact) mass is 437 g/mol. The Hall–Kier alpha value is -3.45. The molecule has 0 unspecified atom stereocenters. The van der Waals surface area contributed by atoms with E-state index in [1.165, 1.54) is 29.5 Å². The Morgan fingerprint density at radius 1 is 1.16 bits per heavy atom. The third kappa shape index (κ3) is 4.09. The summed E-state index contributed by atoms with van der Waals surface area (Å²) in [5, 5.41) is 6.04. The molecule has 2 aromatic carbocycles. The highest BCUT2D eigenvalue weighted by Gasteiger charge is 2.23. The van der Waals surface area contributed by atoms with E-state index in [0.29, 0.717) is 27.1 Å². The molecule has 0 saturated carbocycles. The predicted octanol–water partition coefficient (Wildman–Crippen LogP) is 6.08. The normalized spacial score (nSPS) is 10.9. The molecule has 0 aliphatic heterocycles. The molecule has 5 nitrogen and oxygen atoms in total. The summed E-state index contributed by atoms with van der Waals surface area (Å²) in [4.78, 5) is 25.5. The van der Waals surface area contributed by atoms with Crippen LogP contribution in [0.4, 0.5) is 9.39 Å². The molecule has 0 fully saturated rings. The van der Waals surface area contributed by atoms with Gasteiger partial charge in [0, 0.05) is 21.9 Å². The molecule has 0 radical (unpaired) electrons. The number of aryl methyl sites for hydroxylation is 1. The number of fused-ring (bicyclic) bond motifs is 1. The van der Waals surface area contributed by atoms with Crippen molar-refractivity contribution in [3.8, 4) is 11.1 Å². The number of hydrogen-bond acceptors (Lipinski definition) is 6. The number of esters is 1. The summed E-state index contributed by atoms with van der Waals surface area (Å²) in [7, 11) is 0. The van der Waals surface area contributed by atoms with E-state index >= 15 is 0 Å². The number of benzene rings is 2. The van der Waals surface area contributed by atoms with E-state index < -0.39 is 5.97 Å². The molecule has 0 aliphatic carbocycles. The summed E-state index contributed by atoms with van der Waals surface area (Å²) >= 11 is 1.33. The Morgan fingerprint density at radius 3 is 2.68 bits per heavy atom. The number of ether oxygens (including phenoxy) is 1. The summed E-state index contributed by atoms with van der Waals surface area (Å²) in [6.45, 7) is 3.64. The fraction of sp³-hybridized carbons (Fsp3) is 0.167. The number of carbonyl (C=O) groups is 2. The highest BCUT2D eigenvalue weighted by molar-refractivity contribution is 7.15. The fourth-order valence-electron chi connectivity index (χ4n) is 3.42. The van der Waals surface area contributed by atoms with Crippen LogP contribution in [0, 0.1) is 12.7 Å². The van der Waals surface area contributed by atoms with Crippen molar-refractivity contribution < 1.29 is 23.1 Å². The van der Waals surface area contributed by atoms with E-state index in [1.54, 1.807) is 13.8 Å². The molecule has 0 atom stereocenters. The van der Waals surface area contributed by atoms with Gasteiger partial charge in [0.15, 0.2) is 5.76 Å². The van der Waals surface area contributed by atoms with Crippen molar-refractivity contribution in [1.82, 2.24) is 0 Å². The average molecular weight is 437 g/mol. The van der Waals surface area contributed by atoms with Crippen LogP contribution < -0.4 is 5.32 Å². The van der Waals surface area contributed by atoms with Gasteiger partial charge in [-0.3, -0.25) is 4.79 Å². The molecule has 0 bridgehead atoms. The van der Waals surface area contributed by atoms with Gasteiger partial charge in [-0.2, -0.15) is 0 Å². The van der Waals surface area contributed by atoms with Gasteiger partial charge in [-0.25, -0.2) is 9.18 Å². The van der Waals surface area contributed by atoms with E-state index in [-0.39, 0.29) is 30.5 Å². The first-order chi connectivity index (χ1) is 15.0. The predicted molar refractivity (Wildman–Crippen MR) is 119 cm³/mol.